The van der Waals surface area contributed by atoms with E-state index >= 15 is 0 Å². The zero-order valence-electron chi connectivity index (χ0n) is 17.2. The molecule has 0 bridgehead atoms. The van der Waals surface area contributed by atoms with Gasteiger partial charge in [0.2, 0.25) is 11.8 Å². The van der Waals surface area contributed by atoms with Gasteiger partial charge in [0.15, 0.2) is 5.79 Å². The molecule has 8 nitrogen and oxygen atoms in total. The molecule has 0 aliphatic carbocycles. The number of rotatable bonds is 6. The van der Waals surface area contributed by atoms with Crippen LogP contribution in [-0.4, -0.2) is 65.0 Å². The highest BCUT2D eigenvalue weighted by Gasteiger charge is 2.40. The highest BCUT2D eigenvalue weighted by atomic mass is 32.2. The Labute approximate surface area is 178 Å². The molecule has 2 saturated heterocycles. The van der Waals surface area contributed by atoms with Crippen molar-refractivity contribution < 1.29 is 27.6 Å². The Bertz CT molecular complexity index is 927. The number of aryl methyl sites for hydroxylation is 1. The van der Waals surface area contributed by atoms with Gasteiger partial charge in [0.05, 0.1) is 31.8 Å². The van der Waals surface area contributed by atoms with Crippen molar-refractivity contribution in [2.24, 2.45) is 0 Å². The number of methoxy groups -OCH3 is 1. The van der Waals surface area contributed by atoms with Crippen LogP contribution >= 0.6 is 0 Å². The fraction of sp³-hybridized carbons (Fsp3) is 0.524. The molecule has 1 atom stereocenters. The number of nitrogens with zero attached hydrogens (tertiary/aromatic N) is 2. The third-order valence-corrected chi connectivity index (χ3v) is 6.65. The zero-order valence-corrected chi connectivity index (χ0v) is 18.0. The molecule has 2 aliphatic rings. The van der Waals surface area contributed by atoms with Gasteiger partial charge in [-0.2, -0.15) is 0 Å². The van der Waals surface area contributed by atoms with Gasteiger partial charge < -0.3 is 23.5 Å². The summed E-state index contributed by atoms with van der Waals surface area (Å²) in [5.41, 5.74) is 1.38. The van der Waals surface area contributed by atoms with Gasteiger partial charge in [-0.05, 0) is 25.1 Å². The van der Waals surface area contributed by atoms with Crippen LogP contribution in [0.5, 0.6) is 5.75 Å². The number of carbonyl (C=O) groups excluding carboxylic acids is 1. The molecule has 2 fully saturated rings. The molecule has 1 aromatic heterocycles. The summed E-state index contributed by atoms with van der Waals surface area (Å²) in [6.45, 7) is 4.11. The lowest BCUT2D eigenvalue weighted by atomic mass is 10.0. The van der Waals surface area contributed by atoms with Gasteiger partial charge in [0.25, 0.3) is 0 Å². The molecule has 4 rings (SSSR count). The number of hydrogen-bond acceptors (Lipinski definition) is 7. The lowest BCUT2D eigenvalue weighted by Crippen LogP contribution is -2.48. The van der Waals surface area contributed by atoms with Crippen LogP contribution in [0.15, 0.2) is 28.7 Å². The third-order valence-electron chi connectivity index (χ3n) is 5.48. The van der Waals surface area contributed by atoms with Crippen molar-refractivity contribution in [1.29, 1.82) is 0 Å². The maximum atomic E-state index is 12.6. The van der Waals surface area contributed by atoms with Gasteiger partial charge in [0.1, 0.15) is 17.3 Å². The predicted octanol–water partition coefficient (Wildman–Crippen LogP) is 2.27. The van der Waals surface area contributed by atoms with Gasteiger partial charge in [-0.15, -0.1) is 0 Å². The Morgan fingerprint density at radius 1 is 1.27 bits per heavy atom. The first kappa shape index (κ1) is 21.0. The van der Waals surface area contributed by atoms with E-state index < -0.39 is 16.6 Å². The Balaban J connectivity index is 1.34. The van der Waals surface area contributed by atoms with Crippen molar-refractivity contribution in [3.63, 3.8) is 0 Å². The van der Waals surface area contributed by atoms with E-state index in [1.54, 1.807) is 18.9 Å². The Kier molecular flexibility index (Phi) is 6.21. The van der Waals surface area contributed by atoms with Gasteiger partial charge in [-0.1, -0.05) is 6.07 Å². The molecule has 1 spiro atoms. The summed E-state index contributed by atoms with van der Waals surface area (Å²) < 4.78 is 35.0. The molecule has 3 heterocycles. The quantitative estimate of drug-likeness (QED) is 0.689. The zero-order chi connectivity index (χ0) is 21.1. The van der Waals surface area contributed by atoms with Gasteiger partial charge in [0, 0.05) is 42.3 Å². The summed E-state index contributed by atoms with van der Waals surface area (Å²) in [6.07, 6.45) is 1.30. The maximum Gasteiger partial charge on any atom is 0.235 e. The van der Waals surface area contributed by atoms with E-state index in [0.717, 1.165) is 5.56 Å². The van der Waals surface area contributed by atoms with Crippen molar-refractivity contribution in [3.8, 4) is 17.2 Å². The van der Waals surface area contributed by atoms with Crippen LogP contribution in [-0.2, 0) is 30.8 Å². The third kappa shape index (κ3) is 4.58. The molecular formula is C21H26N2O6S. The number of carbonyl (C=O) groups is 1. The smallest absolute Gasteiger partial charge is 0.235 e. The van der Waals surface area contributed by atoms with Crippen LogP contribution < -0.4 is 4.74 Å². The first-order valence-corrected chi connectivity index (χ1v) is 11.5. The van der Waals surface area contributed by atoms with E-state index in [1.807, 2.05) is 24.3 Å². The number of hydrogen-bond donors (Lipinski definition) is 0. The van der Waals surface area contributed by atoms with Gasteiger partial charge in [-0.3, -0.25) is 9.00 Å². The second kappa shape index (κ2) is 8.87. The second-order valence-corrected chi connectivity index (χ2v) is 8.93. The van der Waals surface area contributed by atoms with Crippen LogP contribution in [0, 0.1) is 6.92 Å². The minimum absolute atomic E-state index is 0.0322. The van der Waals surface area contributed by atoms with E-state index in [2.05, 4.69) is 4.98 Å². The van der Waals surface area contributed by atoms with Crippen LogP contribution in [0.3, 0.4) is 0 Å². The van der Waals surface area contributed by atoms with Crippen molar-refractivity contribution in [1.82, 2.24) is 9.88 Å². The first-order chi connectivity index (χ1) is 14.5. The average molecular weight is 435 g/mol. The standard InChI is InChI=1S/C21H26N2O6S/c1-15-18(22-20(29-15)16-4-3-5-17(12-16)26-2)13-30(25)14-19(24)23-8-6-21(7-9-23)27-10-11-28-21/h3-5,12H,6-11,13-14H2,1-2H3/t30-/m0/s1. The SMILES string of the molecule is COc1cccc(-c2nc(C[S@](=O)CC(=O)N3CCC4(CC3)OCCO4)c(C)o2)c1. The Morgan fingerprint density at radius 3 is 2.70 bits per heavy atom. The highest BCUT2D eigenvalue weighted by molar-refractivity contribution is 7.84. The van der Waals surface area contributed by atoms with E-state index in [-0.39, 0.29) is 17.4 Å². The minimum atomic E-state index is -1.37. The monoisotopic (exact) mass is 434 g/mol. The van der Waals surface area contributed by atoms with Crippen LogP contribution in [0.1, 0.15) is 24.3 Å². The number of amides is 1. The average Bonchev–Trinajstić information content (AvgIpc) is 3.35. The molecule has 0 unspecified atom stereocenters. The molecular weight excluding hydrogens is 408 g/mol. The van der Waals surface area contributed by atoms with E-state index in [1.165, 1.54) is 0 Å². The summed E-state index contributed by atoms with van der Waals surface area (Å²) in [7, 11) is 0.225. The fourth-order valence-corrected chi connectivity index (χ4v) is 4.89. The normalized spacial score (nSPS) is 19.2. The van der Waals surface area contributed by atoms with Crippen molar-refractivity contribution in [2.75, 3.05) is 39.2 Å². The number of ether oxygens (including phenoxy) is 3. The number of oxazole rings is 1. The summed E-state index contributed by atoms with van der Waals surface area (Å²) in [6, 6.07) is 7.40. The minimum Gasteiger partial charge on any atom is -0.497 e. The topological polar surface area (TPSA) is 91.1 Å². The van der Waals surface area contributed by atoms with E-state index in [4.69, 9.17) is 18.6 Å². The molecule has 30 heavy (non-hydrogen) atoms. The number of benzene rings is 1. The summed E-state index contributed by atoms with van der Waals surface area (Å²) in [5, 5.41) is 0. The molecule has 0 radical (unpaired) electrons. The molecule has 2 aromatic rings. The van der Waals surface area contributed by atoms with Crippen LogP contribution in [0.25, 0.3) is 11.5 Å². The molecule has 0 saturated carbocycles. The summed E-state index contributed by atoms with van der Waals surface area (Å²) >= 11 is 0. The molecule has 1 aromatic carbocycles. The molecule has 2 aliphatic heterocycles. The van der Waals surface area contributed by atoms with E-state index in [0.29, 0.717) is 62.2 Å². The Morgan fingerprint density at radius 2 is 2.00 bits per heavy atom. The van der Waals surface area contributed by atoms with Crippen molar-refractivity contribution >= 4 is 16.7 Å². The summed E-state index contributed by atoms with van der Waals surface area (Å²) in [4.78, 5) is 18.8. The first-order valence-electron chi connectivity index (χ1n) is 9.99. The van der Waals surface area contributed by atoms with Crippen molar-refractivity contribution in [2.45, 2.75) is 31.3 Å². The maximum absolute atomic E-state index is 12.6. The van der Waals surface area contributed by atoms with E-state index in [9.17, 15) is 9.00 Å². The molecule has 1 amide bonds. The molecule has 162 valence electrons. The van der Waals surface area contributed by atoms with Crippen LogP contribution in [0.2, 0.25) is 0 Å². The Hall–Kier alpha value is -2.23. The molecule has 9 heteroatoms. The lowest BCUT2D eigenvalue weighted by Gasteiger charge is -2.37. The van der Waals surface area contributed by atoms with Gasteiger partial charge in [-0.25, -0.2) is 4.98 Å². The fourth-order valence-electron chi connectivity index (χ4n) is 3.76. The largest absolute Gasteiger partial charge is 0.497 e. The van der Waals surface area contributed by atoms with Crippen LogP contribution in [0.4, 0.5) is 0 Å². The molecule has 0 N–H and O–H groups in total. The lowest BCUT2D eigenvalue weighted by molar-refractivity contribution is -0.186. The number of aromatic nitrogens is 1. The predicted molar refractivity (Wildman–Crippen MR) is 110 cm³/mol. The summed E-state index contributed by atoms with van der Waals surface area (Å²) in [5.74, 6) is 1.26. The second-order valence-electron chi connectivity index (χ2n) is 7.47. The number of piperidine rings is 1. The van der Waals surface area contributed by atoms with Crippen molar-refractivity contribution in [3.05, 3.63) is 35.7 Å². The highest BCUT2D eigenvalue weighted by Crippen LogP contribution is 2.31. The number of likely N-dealkylation sites (tertiary alicyclic amines) is 1. The van der Waals surface area contributed by atoms with Gasteiger partial charge >= 0.3 is 0 Å².